The fourth-order valence-corrected chi connectivity index (χ4v) is 4.56. The Morgan fingerprint density at radius 3 is 2.36 bits per heavy atom. The van der Waals surface area contributed by atoms with Gasteiger partial charge in [0.2, 0.25) is 15.9 Å². The molecule has 0 unspecified atom stereocenters. The number of rotatable bonds is 5. The Morgan fingerprint density at radius 1 is 1.12 bits per heavy atom. The minimum absolute atomic E-state index is 0.110. The molecule has 0 bridgehead atoms. The highest BCUT2D eigenvalue weighted by Crippen LogP contribution is 2.42. The van der Waals surface area contributed by atoms with Gasteiger partial charge >= 0.3 is 12.1 Å². The summed E-state index contributed by atoms with van der Waals surface area (Å²) in [5.41, 5.74) is 0. The zero-order chi connectivity index (χ0) is 18.8. The molecule has 1 saturated carbocycles. The number of aliphatic carboxylic acids is 1. The van der Waals surface area contributed by atoms with E-state index in [-0.39, 0.29) is 30.7 Å². The highest BCUT2D eigenvalue weighted by molar-refractivity contribution is 7.89. The number of fused-ring (bicyclic) bond motifs is 1. The van der Waals surface area contributed by atoms with Crippen molar-refractivity contribution in [1.82, 2.24) is 9.62 Å². The minimum atomic E-state index is -3.55. The largest absolute Gasteiger partial charge is 0.480 e. The Hall–Kier alpha value is -1.84. The van der Waals surface area contributed by atoms with E-state index in [4.69, 9.17) is 0 Å². The molecule has 1 aliphatic heterocycles. The van der Waals surface area contributed by atoms with Crippen LogP contribution in [0.25, 0.3) is 0 Å². The number of hydrogen-bond acceptors (Lipinski definition) is 5. The van der Waals surface area contributed by atoms with Gasteiger partial charge < -0.3 is 10.2 Å². The van der Waals surface area contributed by atoms with Crippen molar-refractivity contribution in [2.24, 2.45) is 17.8 Å². The molecule has 9 nitrogen and oxygen atoms in total. The van der Waals surface area contributed by atoms with Crippen molar-refractivity contribution in [1.29, 1.82) is 0 Å². The quantitative estimate of drug-likeness (QED) is 0.641. The van der Waals surface area contributed by atoms with Crippen LogP contribution in [0.2, 0.25) is 0 Å². The van der Waals surface area contributed by atoms with E-state index in [9.17, 15) is 33.0 Å². The lowest BCUT2D eigenvalue weighted by atomic mass is 9.68. The Labute approximate surface area is 146 Å². The van der Waals surface area contributed by atoms with Gasteiger partial charge in [0.1, 0.15) is 6.04 Å². The number of nitrogens with one attached hydrogen (secondary N) is 1. The first-order valence-corrected chi connectivity index (χ1v) is 10.2. The average Bonchev–Trinajstić information content (AvgIpc) is 2.49. The first-order chi connectivity index (χ1) is 11.6. The molecule has 10 heteroatoms. The average molecular weight is 376 g/mol. The summed E-state index contributed by atoms with van der Waals surface area (Å²) in [4.78, 5) is 35.2. The van der Waals surface area contributed by atoms with E-state index in [1.807, 2.05) is 4.72 Å². The van der Waals surface area contributed by atoms with Crippen LogP contribution in [-0.4, -0.2) is 60.3 Å². The van der Waals surface area contributed by atoms with Crippen molar-refractivity contribution in [3.8, 4) is 0 Å². The van der Waals surface area contributed by atoms with E-state index in [0.717, 1.165) is 30.4 Å². The van der Waals surface area contributed by atoms with E-state index in [0.29, 0.717) is 12.8 Å². The number of nitrogens with zero attached hydrogens (tertiary/aromatic N) is 1. The summed E-state index contributed by atoms with van der Waals surface area (Å²) in [6, 6.07) is -1.02. The molecule has 142 valence electrons. The van der Waals surface area contributed by atoms with Crippen molar-refractivity contribution < 1.29 is 33.0 Å². The smallest absolute Gasteiger partial charge is 0.408 e. The number of carboxylic acid groups (broad SMARTS) is 2. The maximum Gasteiger partial charge on any atom is 0.408 e. The number of sulfonamides is 1. The van der Waals surface area contributed by atoms with Crippen molar-refractivity contribution >= 4 is 28.0 Å². The van der Waals surface area contributed by atoms with Crippen molar-refractivity contribution in [2.45, 2.75) is 44.6 Å². The lowest BCUT2D eigenvalue weighted by Gasteiger charge is -2.45. The molecular weight excluding hydrogens is 352 g/mol. The van der Waals surface area contributed by atoms with Crippen LogP contribution >= 0.6 is 0 Å². The standard InChI is InChI=1S/C15H24N2O7S/c1-25(23,24)16-13(18)5-3-9-2-4-10-8-17(15(21)22)12(14(19)20)7-11(10)6-9/h9-12H,2-8H2,1H3,(H,16,18)(H,19,20)(H,21,22)/t9-,10+,11-,12+/m1/s1. The molecule has 3 N–H and O–H groups in total. The Kier molecular flexibility index (Phi) is 5.91. The third-order valence-electron chi connectivity index (χ3n) is 5.19. The van der Waals surface area contributed by atoms with Gasteiger partial charge in [0.05, 0.1) is 6.26 Å². The molecule has 1 saturated heterocycles. The maximum atomic E-state index is 11.6. The van der Waals surface area contributed by atoms with Crippen LogP contribution in [0.1, 0.15) is 38.5 Å². The minimum Gasteiger partial charge on any atom is -0.480 e. The van der Waals surface area contributed by atoms with Gasteiger partial charge in [-0.3, -0.25) is 14.4 Å². The highest BCUT2D eigenvalue weighted by Gasteiger charge is 2.43. The molecule has 0 aromatic rings. The van der Waals surface area contributed by atoms with Crippen LogP contribution in [-0.2, 0) is 19.6 Å². The zero-order valence-corrected chi connectivity index (χ0v) is 14.9. The molecule has 0 aromatic heterocycles. The van der Waals surface area contributed by atoms with Gasteiger partial charge in [0, 0.05) is 13.0 Å². The van der Waals surface area contributed by atoms with E-state index in [1.54, 1.807) is 0 Å². The molecular formula is C15H24N2O7S. The van der Waals surface area contributed by atoms with E-state index < -0.39 is 34.0 Å². The molecule has 2 amide bonds. The number of carboxylic acids is 1. The summed E-state index contributed by atoms with van der Waals surface area (Å²) < 4.78 is 24.0. The van der Waals surface area contributed by atoms with E-state index >= 15 is 0 Å². The summed E-state index contributed by atoms with van der Waals surface area (Å²) in [6.07, 6.45) is 3.04. The Balaban J connectivity index is 1.91. The predicted molar refractivity (Wildman–Crippen MR) is 87.3 cm³/mol. The first kappa shape index (κ1) is 19.5. The number of carbonyl (C=O) groups excluding carboxylic acids is 1. The molecule has 2 fully saturated rings. The normalized spacial score (nSPS) is 29.6. The van der Waals surface area contributed by atoms with Crippen LogP contribution < -0.4 is 4.72 Å². The van der Waals surface area contributed by atoms with Crippen molar-refractivity contribution in [2.75, 3.05) is 12.8 Å². The van der Waals surface area contributed by atoms with Crippen LogP contribution in [0.5, 0.6) is 0 Å². The number of hydrogen-bond donors (Lipinski definition) is 3. The second kappa shape index (κ2) is 7.59. The number of carbonyl (C=O) groups is 3. The predicted octanol–water partition coefficient (Wildman–Crippen LogP) is 0.712. The lowest BCUT2D eigenvalue weighted by molar-refractivity contribution is -0.146. The SMILES string of the molecule is CS(=O)(=O)NC(=O)CC[C@H]1CC[C@H]2CN(C(=O)O)[C@H](C(=O)O)C[C@H]2C1. The molecule has 1 aliphatic carbocycles. The second-order valence-electron chi connectivity index (χ2n) is 7.06. The highest BCUT2D eigenvalue weighted by atomic mass is 32.2. The molecule has 0 radical (unpaired) electrons. The number of likely N-dealkylation sites (tertiary alicyclic amines) is 1. The van der Waals surface area contributed by atoms with Gasteiger partial charge in [-0.15, -0.1) is 0 Å². The zero-order valence-electron chi connectivity index (χ0n) is 14.1. The van der Waals surface area contributed by atoms with E-state index in [1.165, 1.54) is 0 Å². The van der Waals surface area contributed by atoms with Gasteiger partial charge in [-0.1, -0.05) is 6.42 Å². The molecule has 2 aliphatic rings. The topological polar surface area (TPSA) is 141 Å². The van der Waals surface area contributed by atoms with Gasteiger partial charge in [0.25, 0.3) is 0 Å². The Morgan fingerprint density at radius 2 is 1.80 bits per heavy atom. The van der Waals surface area contributed by atoms with Crippen LogP contribution in [0.4, 0.5) is 4.79 Å². The van der Waals surface area contributed by atoms with Crippen LogP contribution in [0, 0.1) is 17.8 Å². The molecule has 0 aromatic carbocycles. The molecule has 25 heavy (non-hydrogen) atoms. The Bertz CT molecular complexity index is 648. The first-order valence-electron chi connectivity index (χ1n) is 8.29. The van der Waals surface area contributed by atoms with Gasteiger partial charge in [0.15, 0.2) is 0 Å². The molecule has 0 spiro atoms. The van der Waals surface area contributed by atoms with Gasteiger partial charge in [-0.25, -0.2) is 18.0 Å². The lowest BCUT2D eigenvalue weighted by Crippen LogP contribution is -2.54. The van der Waals surface area contributed by atoms with E-state index in [2.05, 4.69) is 0 Å². The summed E-state index contributed by atoms with van der Waals surface area (Å²) in [5.74, 6) is -1.18. The van der Waals surface area contributed by atoms with Crippen LogP contribution in [0.3, 0.4) is 0 Å². The fourth-order valence-electron chi connectivity index (χ4n) is 4.05. The van der Waals surface area contributed by atoms with Crippen molar-refractivity contribution in [3.05, 3.63) is 0 Å². The van der Waals surface area contributed by atoms with Gasteiger partial charge in [-0.2, -0.15) is 0 Å². The fraction of sp³-hybridized carbons (Fsp3) is 0.800. The summed E-state index contributed by atoms with van der Waals surface area (Å²) >= 11 is 0. The molecule has 1 heterocycles. The van der Waals surface area contributed by atoms with Crippen molar-refractivity contribution in [3.63, 3.8) is 0 Å². The number of amides is 2. The monoisotopic (exact) mass is 376 g/mol. The van der Waals surface area contributed by atoms with Gasteiger partial charge in [-0.05, 0) is 43.4 Å². The third kappa shape index (κ3) is 5.32. The third-order valence-corrected chi connectivity index (χ3v) is 5.79. The summed E-state index contributed by atoms with van der Waals surface area (Å²) in [7, 11) is -3.55. The molecule has 2 rings (SSSR count). The summed E-state index contributed by atoms with van der Waals surface area (Å²) in [6.45, 7) is 0.234. The second-order valence-corrected chi connectivity index (χ2v) is 8.81. The molecule has 4 atom stereocenters. The van der Waals surface area contributed by atoms with Crippen LogP contribution in [0.15, 0.2) is 0 Å². The maximum absolute atomic E-state index is 11.6. The summed E-state index contributed by atoms with van der Waals surface area (Å²) in [5, 5.41) is 18.5. The number of piperidine rings is 1.